The van der Waals surface area contributed by atoms with Gasteiger partial charge in [0.2, 0.25) is 11.8 Å². The van der Waals surface area contributed by atoms with Gasteiger partial charge in [0.05, 0.1) is 24.9 Å². The number of piperazine rings is 1. The van der Waals surface area contributed by atoms with E-state index in [9.17, 15) is 9.59 Å². The first-order chi connectivity index (χ1) is 9.47. The molecule has 1 unspecified atom stereocenters. The third-order valence-electron chi connectivity index (χ3n) is 3.06. The van der Waals surface area contributed by atoms with Gasteiger partial charge < -0.3 is 14.8 Å². The van der Waals surface area contributed by atoms with Crippen LogP contribution in [0.4, 0.5) is 5.69 Å². The lowest BCUT2D eigenvalue weighted by Gasteiger charge is -2.31. The lowest BCUT2D eigenvalue weighted by atomic mass is 10.1. The summed E-state index contributed by atoms with van der Waals surface area (Å²) >= 11 is 6.08. The fraction of sp³-hybridized carbons (Fsp3) is 0.385. The van der Waals surface area contributed by atoms with Crippen LogP contribution in [0.15, 0.2) is 12.1 Å². The molecule has 1 atom stereocenters. The van der Waals surface area contributed by atoms with Gasteiger partial charge >= 0.3 is 0 Å². The van der Waals surface area contributed by atoms with E-state index >= 15 is 0 Å². The van der Waals surface area contributed by atoms with E-state index in [-0.39, 0.29) is 18.4 Å². The second-order valence-corrected chi connectivity index (χ2v) is 4.78. The number of anilines is 1. The molecule has 20 heavy (non-hydrogen) atoms. The Morgan fingerprint density at radius 1 is 1.25 bits per heavy atom. The number of hydrogen-bond donors (Lipinski definition) is 1. The number of halogens is 1. The maximum Gasteiger partial charge on any atom is 0.249 e. The number of amides is 2. The minimum atomic E-state index is -0.582. The topological polar surface area (TPSA) is 67.9 Å². The van der Waals surface area contributed by atoms with Crippen molar-refractivity contribution in [3.8, 4) is 11.5 Å². The minimum absolute atomic E-state index is 0.0673. The molecule has 2 rings (SSSR count). The lowest BCUT2D eigenvalue weighted by Crippen LogP contribution is -2.57. The van der Waals surface area contributed by atoms with Gasteiger partial charge in [0.1, 0.15) is 24.1 Å². The third kappa shape index (κ3) is 2.51. The lowest BCUT2D eigenvalue weighted by molar-refractivity contribution is -0.130. The highest BCUT2D eigenvalue weighted by molar-refractivity contribution is 6.32. The standard InChI is InChI=1S/C13H15ClN2O4/c1-7-13(18)16(6-12(17)15-7)9-4-8(14)10(19-2)5-11(9)20-3/h4-5,7H,6H2,1-3H3,(H,15,17). The van der Waals surface area contributed by atoms with Gasteiger partial charge in [0.15, 0.2) is 0 Å². The largest absolute Gasteiger partial charge is 0.495 e. The average Bonchev–Trinajstić information content (AvgIpc) is 2.42. The van der Waals surface area contributed by atoms with Gasteiger partial charge in [0, 0.05) is 6.07 Å². The summed E-state index contributed by atoms with van der Waals surface area (Å²) in [5.74, 6) is 0.408. The normalized spacial score (nSPS) is 18.8. The zero-order valence-corrected chi connectivity index (χ0v) is 12.2. The van der Waals surface area contributed by atoms with Gasteiger partial charge in [0.25, 0.3) is 0 Å². The number of methoxy groups -OCH3 is 2. The summed E-state index contributed by atoms with van der Waals surface area (Å²) in [6.45, 7) is 1.56. The number of carbonyl (C=O) groups is 2. The van der Waals surface area contributed by atoms with Crippen LogP contribution in [0.25, 0.3) is 0 Å². The van der Waals surface area contributed by atoms with Crippen LogP contribution in [0.1, 0.15) is 6.92 Å². The Balaban J connectivity index is 2.48. The summed E-state index contributed by atoms with van der Waals surface area (Å²) in [6.07, 6.45) is 0. The molecule has 1 aliphatic rings. The molecule has 1 aromatic carbocycles. The minimum Gasteiger partial charge on any atom is -0.495 e. The second-order valence-electron chi connectivity index (χ2n) is 4.37. The first-order valence-electron chi connectivity index (χ1n) is 6.00. The van der Waals surface area contributed by atoms with E-state index in [2.05, 4.69) is 5.32 Å². The van der Waals surface area contributed by atoms with E-state index < -0.39 is 6.04 Å². The third-order valence-corrected chi connectivity index (χ3v) is 3.36. The van der Waals surface area contributed by atoms with Crippen LogP contribution in [0.5, 0.6) is 11.5 Å². The molecule has 0 spiro atoms. The number of benzene rings is 1. The van der Waals surface area contributed by atoms with Gasteiger partial charge in [-0.15, -0.1) is 0 Å². The average molecular weight is 299 g/mol. The Morgan fingerprint density at radius 3 is 2.50 bits per heavy atom. The molecular formula is C13H15ClN2O4. The predicted molar refractivity (Wildman–Crippen MR) is 74.5 cm³/mol. The molecule has 7 heteroatoms. The quantitative estimate of drug-likeness (QED) is 0.911. The van der Waals surface area contributed by atoms with Crippen molar-refractivity contribution < 1.29 is 19.1 Å². The molecule has 0 radical (unpaired) electrons. The smallest absolute Gasteiger partial charge is 0.249 e. The summed E-state index contributed by atoms with van der Waals surface area (Å²) in [7, 11) is 2.96. The maximum absolute atomic E-state index is 12.2. The van der Waals surface area contributed by atoms with Gasteiger partial charge in [-0.3, -0.25) is 14.5 Å². The molecule has 1 saturated heterocycles. The first kappa shape index (κ1) is 14.5. The number of ether oxygens (including phenoxy) is 2. The first-order valence-corrected chi connectivity index (χ1v) is 6.38. The molecule has 0 aliphatic carbocycles. The Hall–Kier alpha value is -1.95. The second kappa shape index (κ2) is 5.58. The molecule has 6 nitrogen and oxygen atoms in total. The van der Waals surface area contributed by atoms with Crippen LogP contribution in [-0.4, -0.2) is 38.6 Å². The number of nitrogens with zero attached hydrogens (tertiary/aromatic N) is 1. The van der Waals surface area contributed by atoms with Crippen LogP contribution in [0, 0.1) is 0 Å². The summed E-state index contributed by atoms with van der Waals surface area (Å²) < 4.78 is 10.4. The van der Waals surface area contributed by atoms with Gasteiger partial charge in [-0.1, -0.05) is 11.6 Å². The Kier molecular flexibility index (Phi) is 4.04. The van der Waals surface area contributed by atoms with E-state index in [0.29, 0.717) is 22.2 Å². The van der Waals surface area contributed by atoms with Crippen molar-refractivity contribution in [3.63, 3.8) is 0 Å². The highest BCUT2D eigenvalue weighted by atomic mass is 35.5. The summed E-state index contributed by atoms with van der Waals surface area (Å²) in [6, 6.07) is 2.56. The number of hydrogen-bond acceptors (Lipinski definition) is 4. The van der Waals surface area contributed by atoms with Crippen molar-refractivity contribution in [2.75, 3.05) is 25.7 Å². The summed E-state index contributed by atoms with van der Waals surface area (Å²) in [5, 5.41) is 2.92. The van der Waals surface area contributed by atoms with Gasteiger partial charge in [-0.2, -0.15) is 0 Å². The van der Waals surface area contributed by atoms with E-state index in [0.717, 1.165) is 0 Å². The van der Waals surface area contributed by atoms with Crippen LogP contribution in [-0.2, 0) is 9.59 Å². The van der Waals surface area contributed by atoms with E-state index in [1.807, 2.05) is 0 Å². The van der Waals surface area contributed by atoms with Crippen molar-refractivity contribution in [2.24, 2.45) is 0 Å². The maximum atomic E-state index is 12.2. The van der Waals surface area contributed by atoms with Crippen molar-refractivity contribution >= 4 is 29.1 Å². The number of rotatable bonds is 3. The summed E-state index contributed by atoms with van der Waals surface area (Å²) in [4.78, 5) is 25.1. The zero-order chi connectivity index (χ0) is 14.9. The Morgan fingerprint density at radius 2 is 1.90 bits per heavy atom. The molecule has 1 N–H and O–H groups in total. The Labute approximate surface area is 121 Å². The van der Waals surface area contributed by atoms with Gasteiger partial charge in [-0.05, 0) is 13.0 Å². The molecule has 2 amide bonds. The monoisotopic (exact) mass is 298 g/mol. The molecule has 1 aliphatic heterocycles. The molecule has 1 heterocycles. The van der Waals surface area contributed by atoms with Crippen LogP contribution in [0.3, 0.4) is 0 Å². The summed E-state index contributed by atoms with van der Waals surface area (Å²) in [5.41, 5.74) is 0.449. The fourth-order valence-corrected chi connectivity index (χ4v) is 2.30. The van der Waals surface area contributed by atoms with E-state index in [4.69, 9.17) is 21.1 Å². The van der Waals surface area contributed by atoms with E-state index in [1.54, 1.807) is 19.1 Å². The number of carbonyl (C=O) groups excluding carboxylic acids is 2. The fourth-order valence-electron chi connectivity index (χ4n) is 2.06. The molecule has 0 bridgehead atoms. The van der Waals surface area contributed by atoms with Crippen LogP contribution in [0.2, 0.25) is 5.02 Å². The van der Waals surface area contributed by atoms with Crippen molar-refractivity contribution in [3.05, 3.63) is 17.2 Å². The van der Waals surface area contributed by atoms with Gasteiger partial charge in [-0.25, -0.2) is 0 Å². The molecule has 0 aromatic heterocycles. The molecule has 108 valence electrons. The SMILES string of the molecule is COc1cc(OC)c(N2CC(=O)NC(C)C2=O)cc1Cl. The van der Waals surface area contributed by atoms with Crippen LogP contribution >= 0.6 is 11.6 Å². The Bertz CT molecular complexity index is 562. The van der Waals surface area contributed by atoms with Crippen molar-refractivity contribution in [1.82, 2.24) is 5.32 Å². The highest BCUT2D eigenvalue weighted by Crippen LogP contribution is 2.38. The van der Waals surface area contributed by atoms with E-state index in [1.165, 1.54) is 19.1 Å². The van der Waals surface area contributed by atoms with Crippen molar-refractivity contribution in [2.45, 2.75) is 13.0 Å². The molecular weight excluding hydrogens is 284 g/mol. The number of nitrogens with one attached hydrogen (secondary N) is 1. The molecule has 0 saturated carbocycles. The molecule has 1 aromatic rings. The zero-order valence-electron chi connectivity index (χ0n) is 11.4. The highest BCUT2D eigenvalue weighted by Gasteiger charge is 2.32. The van der Waals surface area contributed by atoms with Crippen LogP contribution < -0.4 is 19.7 Å². The predicted octanol–water partition coefficient (Wildman–Crippen LogP) is 1.21. The molecule has 1 fully saturated rings. The van der Waals surface area contributed by atoms with Crippen molar-refractivity contribution in [1.29, 1.82) is 0 Å².